The number of ether oxygens (including phenoxy) is 1. The number of carbonyl (C=O) groups is 3. The quantitative estimate of drug-likeness (QED) is 0.800. The average Bonchev–Trinajstić information content (AvgIpc) is 2.97. The Kier molecular flexibility index (Phi) is 5.15. The van der Waals surface area contributed by atoms with Crippen LogP contribution < -0.4 is 5.32 Å². The lowest BCUT2D eigenvalue weighted by atomic mass is 10.0. The summed E-state index contributed by atoms with van der Waals surface area (Å²) < 4.78 is 9.19. The van der Waals surface area contributed by atoms with Crippen molar-refractivity contribution in [2.24, 2.45) is 0 Å². The molecular formula is C13H14N2O5S. The maximum atomic E-state index is 12.1. The van der Waals surface area contributed by atoms with E-state index in [-0.39, 0.29) is 22.9 Å². The molecule has 0 unspecified atom stereocenters. The molecular weight excluding hydrogens is 296 g/mol. The van der Waals surface area contributed by atoms with Crippen LogP contribution in [0.5, 0.6) is 0 Å². The van der Waals surface area contributed by atoms with Crippen molar-refractivity contribution in [1.29, 1.82) is 0 Å². The Hall–Kier alpha value is -2.09. The van der Waals surface area contributed by atoms with Gasteiger partial charge in [0.1, 0.15) is 0 Å². The third kappa shape index (κ3) is 3.72. The summed E-state index contributed by atoms with van der Waals surface area (Å²) >= 11 is 1.32. The molecule has 0 radical (unpaired) electrons. The molecule has 2 rings (SSSR count). The molecule has 0 aliphatic heterocycles. The summed E-state index contributed by atoms with van der Waals surface area (Å²) in [6.45, 7) is 0.509. The molecule has 1 aliphatic rings. The molecule has 112 valence electrons. The number of hydrogen-bond donors (Lipinski definition) is 1. The van der Waals surface area contributed by atoms with Crippen molar-refractivity contribution >= 4 is 29.4 Å². The van der Waals surface area contributed by atoms with Gasteiger partial charge in [0.2, 0.25) is 17.3 Å². The minimum atomic E-state index is -0.460. The number of aromatic nitrogens is 1. The third-order valence-electron chi connectivity index (χ3n) is 2.81. The van der Waals surface area contributed by atoms with Gasteiger partial charge < -0.3 is 14.6 Å². The van der Waals surface area contributed by atoms with E-state index in [0.717, 1.165) is 12.8 Å². The first-order valence-electron chi connectivity index (χ1n) is 6.33. The predicted octanol–water partition coefficient (Wildman–Crippen LogP) is 1.81. The molecule has 0 bridgehead atoms. The minimum Gasteiger partial charge on any atom is -0.453 e. The number of nitrogens with zero attached hydrogens (tertiary/aromatic N) is 1. The van der Waals surface area contributed by atoms with E-state index < -0.39 is 6.09 Å². The number of methoxy groups -OCH3 is 1. The van der Waals surface area contributed by atoms with Crippen LogP contribution in [0.3, 0.4) is 0 Å². The fourth-order valence-corrected chi connectivity index (χ4v) is 2.74. The molecule has 1 amide bonds. The maximum absolute atomic E-state index is 12.1. The summed E-state index contributed by atoms with van der Waals surface area (Å²) in [5.41, 5.74) is 0.220. The fourth-order valence-electron chi connectivity index (χ4n) is 1.74. The Labute approximate surface area is 125 Å². The van der Waals surface area contributed by atoms with Gasteiger partial charge in [-0.2, -0.15) is 0 Å². The van der Waals surface area contributed by atoms with Gasteiger partial charge in [0, 0.05) is 12.6 Å². The van der Waals surface area contributed by atoms with Gasteiger partial charge >= 0.3 is 6.09 Å². The molecule has 1 aromatic rings. The van der Waals surface area contributed by atoms with Gasteiger partial charge in [-0.3, -0.25) is 9.59 Å². The van der Waals surface area contributed by atoms with E-state index in [0.29, 0.717) is 17.2 Å². The van der Waals surface area contributed by atoms with Crippen molar-refractivity contribution in [3.63, 3.8) is 0 Å². The van der Waals surface area contributed by atoms with Crippen molar-refractivity contribution in [3.05, 3.63) is 28.5 Å². The van der Waals surface area contributed by atoms with Gasteiger partial charge in [0.15, 0.2) is 0 Å². The summed E-state index contributed by atoms with van der Waals surface area (Å²) in [4.78, 5) is 35.0. The molecule has 0 aromatic carbocycles. The number of fused-ring (bicyclic) bond motifs is 1. The number of Topliss-reactive ketones (excluding diaryl/α,β-unsaturated/α-hetero) is 1. The van der Waals surface area contributed by atoms with Gasteiger partial charge in [0.25, 0.3) is 0 Å². The molecule has 7 nitrogen and oxygen atoms in total. The number of allylic oxidation sites excluding steroid dienone is 2. The molecule has 8 heteroatoms. The van der Waals surface area contributed by atoms with Crippen molar-refractivity contribution in [2.45, 2.75) is 12.8 Å². The number of thioether (sulfide) groups is 1. The molecule has 0 atom stereocenters. The Balaban J connectivity index is 1.76. The highest BCUT2D eigenvalue weighted by molar-refractivity contribution is 8.04. The summed E-state index contributed by atoms with van der Waals surface area (Å²) in [7, 11) is 1.31. The zero-order chi connectivity index (χ0) is 15.2. The van der Waals surface area contributed by atoms with Gasteiger partial charge in [-0.1, -0.05) is 5.16 Å². The number of ketones is 2. The van der Waals surface area contributed by atoms with Crippen LogP contribution in [-0.2, 0) is 4.74 Å². The lowest BCUT2D eigenvalue weighted by molar-refractivity contribution is 0.0967. The second-order valence-corrected chi connectivity index (χ2v) is 5.38. The topological polar surface area (TPSA) is 98.5 Å². The molecule has 0 saturated carbocycles. The smallest absolute Gasteiger partial charge is 0.406 e. The molecule has 21 heavy (non-hydrogen) atoms. The second-order valence-electron chi connectivity index (χ2n) is 4.24. The summed E-state index contributed by atoms with van der Waals surface area (Å²) in [5.74, 6) is 0.112. The van der Waals surface area contributed by atoms with Gasteiger partial charge in [-0.05, 0) is 18.6 Å². The second kappa shape index (κ2) is 7.07. The Bertz CT molecular complexity index is 593. The lowest BCUT2D eigenvalue weighted by Gasteiger charge is -2.09. The summed E-state index contributed by atoms with van der Waals surface area (Å²) in [5, 5.41) is 6.04. The van der Waals surface area contributed by atoms with Crippen LogP contribution in [0, 0.1) is 0 Å². The number of alkyl carbamates (subject to hydrolysis) is 1. The van der Waals surface area contributed by atoms with Crippen LogP contribution in [0.2, 0.25) is 0 Å². The van der Waals surface area contributed by atoms with Crippen LogP contribution in [-0.4, -0.2) is 42.2 Å². The number of unbranched alkanes of at least 4 members (excludes halogenated alkanes) is 1. The third-order valence-corrected chi connectivity index (χ3v) is 3.92. The zero-order valence-electron chi connectivity index (χ0n) is 11.4. The largest absolute Gasteiger partial charge is 0.453 e. The summed E-state index contributed by atoms with van der Waals surface area (Å²) in [6, 6.07) is 0. The molecule has 1 heterocycles. The number of amides is 1. The van der Waals surface area contributed by atoms with Crippen LogP contribution in [0.1, 0.15) is 33.8 Å². The normalized spacial score (nSPS) is 13.7. The first-order chi connectivity index (χ1) is 10.1. The average molecular weight is 310 g/mol. The van der Waals surface area contributed by atoms with Crippen LogP contribution in [0.4, 0.5) is 4.79 Å². The zero-order valence-corrected chi connectivity index (χ0v) is 12.2. The predicted molar refractivity (Wildman–Crippen MR) is 75.3 cm³/mol. The molecule has 0 fully saturated rings. The van der Waals surface area contributed by atoms with E-state index in [1.807, 2.05) is 0 Å². The van der Waals surface area contributed by atoms with E-state index in [4.69, 9.17) is 4.52 Å². The maximum Gasteiger partial charge on any atom is 0.406 e. The number of nitrogens with one attached hydrogen (secondary N) is 1. The number of hydrogen-bond acceptors (Lipinski definition) is 7. The van der Waals surface area contributed by atoms with Crippen molar-refractivity contribution in [1.82, 2.24) is 10.5 Å². The molecule has 0 spiro atoms. The minimum absolute atomic E-state index is 0.00614. The van der Waals surface area contributed by atoms with E-state index in [1.165, 1.54) is 31.1 Å². The van der Waals surface area contributed by atoms with Crippen molar-refractivity contribution in [2.75, 3.05) is 19.4 Å². The molecule has 1 aromatic heterocycles. The molecule has 1 aliphatic carbocycles. The first-order valence-corrected chi connectivity index (χ1v) is 7.32. The lowest BCUT2D eigenvalue weighted by Crippen LogP contribution is -2.24. The van der Waals surface area contributed by atoms with E-state index in [1.54, 1.807) is 0 Å². The summed E-state index contributed by atoms with van der Waals surface area (Å²) in [6.07, 6.45) is 3.65. The van der Waals surface area contributed by atoms with Crippen molar-refractivity contribution in [3.8, 4) is 0 Å². The van der Waals surface area contributed by atoms with Crippen LogP contribution in [0.15, 0.2) is 21.7 Å². The van der Waals surface area contributed by atoms with Gasteiger partial charge in [0.05, 0.1) is 23.8 Å². The Morgan fingerprint density at radius 2 is 2.24 bits per heavy atom. The van der Waals surface area contributed by atoms with E-state index in [9.17, 15) is 14.4 Å². The van der Waals surface area contributed by atoms with Crippen LogP contribution in [0.25, 0.3) is 0 Å². The first kappa shape index (κ1) is 15.3. The van der Waals surface area contributed by atoms with Crippen molar-refractivity contribution < 1.29 is 23.6 Å². The van der Waals surface area contributed by atoms with Crippen LogP contribution >= 0.6 is 11.8 Å². The molecule has 0 saturated heterocycles. The van der Waals surface area contributed by atoms with Gasteiger partial charge in [-0.15, -0.1) is 11.8 Å². The highest BCUT2D eigenvalue weighted by Crippen LogP contribution is 2.28. The Morgan fingerprint density at radius 1 is 1.43 bits per heavy atom. The van der Waals surface area contributed by atoms with E-state index >= 15 is 0 Å². The molecule has 1 N–H and O–H groups in total. The fraction of sp³-hybridized carbons (Fsp3) is 0.385. The van der Waals surface area contributed by atoms with E-state index in [2.05, 4.69) is 15.2 Å². The highest BCUT2D eigenvalue weighted by atomic mass is 32.2. The monoisotopic (exact) mass is 310 g/mol. The number of rotatable bonds is 6. The number of carbonyl (C=O) groups excluding carboxylic acids is 3. The SMILES string of the molecule is COC(=O)NCCCCSC1=CC(=O)c2oncc2C1=O. The van der Waals surface area contributed by atoms with Gasteiger partial charge in [-0.25, -0.2) is 4.79 Å². The highest BCUT2D eigenvalue weighted by Gasteiger charge is 2.29. The Morgan fingerprint density at radius 3 is 3.00 bits per heavy atom. The standard InChI is InChI=1S/C13H14N2O5S/c1-19-13(18)14-4-2-3-5-21-10-6-9(16)12-8(11(10)17)7-15-20-12/h6-7H,2-5H2,1H3,(H,14,18).